The molecule has 0 atom stereocenters. The maximum absolute atomic E-state index is 14.3. The van der Waals surface area contributed by atoms with Crippen molar-refractivity contribution in [3.63, 3.8) is 0 Å². The van der Waals surface area contributed by atoms with Crippen LogP contribution in [0.5, 0.6) is 5.75 Å². The number of anilines is 1. The minimum atomic E-state index is -4.03. The van der Waals surface area contributed by atoms with Crippen LogP contribution < -0.4 is 10.1 Å². The lowest BCUT2D eigenvalue weighted by molar-refractivity contribution is 0.0729. The van der Waals surface area contributed by atoms with Crippen molar-refractivity contribution in [2.24, 2.45) is 0 Å². The Balaban J connectivity index is 1.89. The number of carbonyl (C=O) groups is 1. The summed E-state index contributed by atoms with van der Waals surface area (Å²) in [6.45, 7) is 2.65. The lowest BCUT2D eigenvalue weighted by Gasteiger charge is -2.26. The normalized spacial score (nSPS) is 15.2. The number of amides is 1. The number of carbonyl (C=O) groups excluding carboxylic acids is 1. The van der Waals surface area contributed by atoms with Gasteiger partial charge in [-0.25, -0.2) is 12.8 Å². The highest BCUT2D eigenvalue weighted by Crippen LogP contribution is 2.25. The highest BCUT2D eigenvalue weighted by Gasteiger charge is 2.29. The molecule has 2 aromatic carbocycles. The molecule has 0 spiro atoms. The Hall–Kier alpha value is -2.49. The van der Waals surface area contributed by atoms with Crippen molar-refractivity contribution >= 4 is 21.6 Å². The zero-order valence-electron chi connectivity index (χ0n) is 15.6. The molecule has 1 aliphatic rings. The van der Waals surface area contributed by atoms with Gasteiger partial charge in [0.25, 0.3) is 5.91 Å². The number of hydrogen-bond acceptors (Lipinski definition) is 5. The van der Waals surface area contributed by atoms with E-state index in [9.17, 15) is 17.6 Å². The van der Waals surface area contributed by atoms with E-state index >= 15 is 0 Å². The second-order valence-corrected chi connectivity index (χ2v) is 8.23. The van der Waals surface area contributed by atoms with E-state index in [0.29, 0.717) is 11.3 Å². The standard InChI is InChI=1S/C19H21FN2O5S/c1-13-3-6-17(26-2)15(11-13)19(23)21-14-4-5-16(20)18(12-14)28(24,25)22-7-9-27-10-8-22/h3-6,11-12H,7-10H2,1-2H3,(H,21,23). The molecule has 1 saturated heterocycles. The van der Waals surface area contributed by atoms with Crippen molar-refractivity contribution in [1.82, 2.24) is 4.31 Å². The number of benzene rings is 2. The van der Waals surface area contributed by atoms with Crippen LogP contribution in [0.1, 0.15) is 15.9 Å². The number of nitrogens with zero attached hydrogens (tertiary/aromatic N) is 1. The van der Waals surface area contributed by atoms with Crippen molar-refractivity contribution < 1.29 is 27.1 Å². The van der Waals surface area contributed by atoms with Crippen LogP contribution in [0.2, 0.25) is 0 Å². The highest BCUT2D eigenvalue weighted by molar-refractivity contribution is 7.89. The van der Waals surface area contributed by atoms with Crippen LogP contribution in [0, 0.1) is 12.7 Å². The van der Waals surface area contributed by atoms with Crippen LogP contribution in [0.15, 0.2) is 41.3 Å². The van der Waals surface area contributed by atoms with Gasteiger partial charge in [0.05, 0.1) is 25.9 Å². The van der Waals surface area contributed by atoms with E-state index in [2.05, 4.69) is 5.32 Å². The molecule has 1 fully saturated rings. The number of aryl methyl sites for hydroxylation is 1. The van der Waals surface area contributed by atoms with E-state index in [-0.39, 0.29) is 32.0 Å². The minimum Gasteiger partial charge on any atom is -0.496 e. The third kappa shape index (κ3) is 4.16. The van der Waals surface area contributed by atoms with Gasteiger partial charge < -0.3 is 14.8 Å². The van der Waals surface area contributed by atoms with E-state index in [4.69, 9.17) is 9.47 Å². The number of hydrogen-bond donors (Lipinski definition) is 1. The van der Waals surface area contributed by atoms with Crippen LogP contribution in [0.4, 0.5) is 10.1 Å². The van der Waals surface area contributed by atoms with Crippen LogP contribution in [-0.2, 0) is 14.8 Å². The molecule has 7 nitrogen and oxygen atoms in total. The van der Waals surface area contributed by atoms with Crippen LogP contribution >= 0.6 is 0 Å². The second-order valence-electron chi connectivity index (χ2n) is 6.32. The van der Waals surface area contributed by atoms with Gasteiger partial charge in [-0.3, -0.25) is 4.79 Å². The summed E-state index contributed by atoms with van der Waals surface area (Å²) in [5.41, 5.74) is 1.33. The van der Waals surface area contributed by atoms with Crippen LogP contribution in [-0.4, -0.2) is 52.0 Å². The highest BCUT2D eigenvalue weighted by atomic mass is 32.2. The molecule has 2 aromatic rings. The van der Waals surface area contributed by atoms with E-state index in [1.165, 1.54) is 17.5 Å². The SMILES string of the molecule is COc1ccc(C)cc1C(=O)Nc1ccc(F)c(S(=O)(=O)N2CCOCC2)c1. The molecule has 9 heteroatoms. The Morgan fingerprint density at radius 3 is 2.57 bits per heavy atom. The number of methoxy groups -OCH3 is 1. The first-order valence-electron chi connectivity index (χ1n) is 8.66. The second kappa shape index (κ2) is 8.26. The Morgan fingerprint density at radius 2 is 1.89 bits per heavy atom. The van der Waals surface area contributed by atoms with Gasteiger partial charge in [0.2, 0.25) is 10.0 Å². The quantitative estimate of drug-likeness (QED) is 0.821. The number of morpholine rings is 1. The van der Waals surface area contributed by atoms with Gasteiger partial charge in [-0.15, -0.1) is 0 Å². The first-order chi connectivity index (χ1) is 13.3. The number of sulfonamides is 1. The largest absolute Gasteiger partial charge is 0.496 e. The monoisotopic (exact) mass is 408 g/mol. The average Bonchev–Trinajstić information content (AvgIpc) is 2.70. The van der Waals surface area contributed by atoms with E-state index in [0.717, 1.165) is 17.7 Å². The molecule has 0 bridgehead atoms. The first-order valence-corrected chi connectivity index (χ1v) is 10.1. The Labute approximate surface area is 163 Å². The number of ether oxygens (including phenoxy) is 2. The van der Waals surface area contributed by atoms with Gasteiger partial charge in [-0.2, -0.15) is 4.31 Å². The fourth-order valence-corrected chi connectivity index (χ4v) is 4.40. The van der Waals surface area contributed by atoms with E-state index < -0.39 is 26.6 Å². The fourth-order valence-electron chi connectivity index (χ4n) is 2.90. The topological polar surface area (TPSA) is 84.9 Å². The molecule has 0 saturated carbocycles. The summed E-state index contributed by atoms with van der Waals surface area (Å²) in [5.74, 6) is -0.981. The molecule has 0 radical (unpaired) electrons. The summed E-state index contributed by atoms with van der Waals surface area (Å²) in [6.07, 6.45) is 0. The number of nitrogens with one attached hydrogen (secondary N) is 1. The van der Waals surface area contributed by atoms with Crippen molar-refractivity contribution in [1.29, 1.82) is 0 Å². The third-order valence-corrected chi connectivity index (χ3v) is 6.29. The molecule has 1 aliphatic heterocycles. The van der Waals surface area contributed by atoms with Crippen LogP contribution in [0.25, 0.3) is 0 Å². The minimum absolute atomic E-state index is 0.152. The number of rotatable bonds is 5. The number of halogens is 1. The summed E-state index contributed by atoms with van der Waals surface area (Å²) in [5, 5.41) is 2.61. The fraction of sp³-hybridized carbons (Fsp3) is 0.316. The molecular formula is C19H21FN2O5S. The van der Waals surface area contributed by atoms with Gasteiger partial charge in [0, 0.05) is 18.8 Å². The van der Waals surface area contributed by atoms with Crippen LogP contribution in [0.3, 0.4) is 0 Å². The molecule has 0 aliphatic carbocycles. The smallest absolute Gasteiger partial charge is 0.259 e. The summed E-state index contributed by atoms with van der Waals surface area (Å²) in [7, 11) is -2.58. The Kier molecular flexibility index (Phi) is 5.97. The third-order valence-electron chi connectivity index (χ3n) is 4.38. The van der Waals surface area contributed by atoms with Crippen molar-refractivity contribution in [2.75, 3.05) is 38.7 Å². The van der Waals surface area contributed by atoms with Crippen molar-refractivity contribution in [3.05, 3.63) is 53.3 Å². The van der Waals surface area contributed by atoms with Gasteiger partial charge in [-0.05, 0) is 37.3 Å². The molecule has 150 valence electrons. The Bertz CT molecular complexity index is 988. The summed E-state index contributed by atoms with van der Waals surface area (Å²) in [6, 6.07) is 8.59. The zero-order valence-corrected chi connectivity index (χ0v) is 16.4. The molecule has 28 heavy (non-hydrogen) atoms. The van der Waals surface area contributed by atoms with E-state index in [1.54, 1.807) is 18.2 Å². The summed E-state index contributed by atoms with van der Waals surface area (Å²) >= 11 is 0. The van der Waals surface area contributed by atoms with Gasteiger partial charge in [0.1, 0.15) is 16.5 Å². The first kappa shape index (κ1) is 20.2. The predicted octanol–water partition coefficient (Wildman–Crippen LogP) is 2.42. The molecule has 0 unspecified atom stereocenters. The molecule has 3 rings (SSSR count). The van der Waals surface area contributed by atoms with Crippen molar-refractivity contribution in [2.45, 2.75) is 11.8 Å². The van der Waals surface area contributed by atoms with Gasteiger partial charge in [-0.1, -0.05) is 11.6 Å². The van der Waals surface area contributed by atoms with E-state index in [1.807, 2.05) is 6.92 Å². The Morgan fingerprint density at radius 1 is 1.18 bits per heavy atom. The van der Waals surface area contributed by atoms with Crippen molar-refractivity contribution in [3.8, 4) is 5.75 Å². The average molecular weight is 408 g/mol. The molecular weight excluding hydrogens is 387 g/mol. The zero-order chi connectivity index (χ0) is 20.3. The maximum Gasteiger partial charge on any atom is 0.259 e. The molecule has 1 amide bonds. The maximum atomic E-state index is 14.3. The van der Waals surface area contributed by atoms with Gasteiger partial charge >= 0.3 is 0 Å². The molecule has 1 heterocycles. The molecule has 0 aromatic heterocycles. The predicted molar refractivity (Wildman–Crippen MR) is 102 cm³/mol. The van der Waals surface area contributed by atoms with Gasteiger partial charge in [0.15, 0.2) is 0 Å². The summed E-state index contributed by atoms with van der Waals surface area (Å²) in [4.78, 5) is 12.1. The summed E-state index contributed by atoms with van der Waals surface area (Å²) < 4.78 is 51.3. The lowest BCUT2D eigenvalue weighted by Crippen LogP contribution is -2.40. The molecule has 1 N–H and O–H groups in total. The lowest BCUT2D eigenvalue weighted by atomic mass is 10.1.